The Balaban J connectivity index is 1.89. The van der Waals surface area contributed by atoms with Crippen molar-refractivity contribution < 1.29 is 13.2 Å². The third-order valence-electron chi connectivity index (χ3n) is 4.89. The van der Waals surface area contributed by atoms with E-state index in [4.69, 9.17) is 4.74 Å². The molecule has 0 saturated heterocycles. The van der Waals surface area contributed by atoms with Crippen molar-refractivity contribution in [2.45, 2.75) is 37.8 Å². The molecule has 0 aliphatic rings. The van der Waals surface area contributed by atoms with Gasteiger partial charge >= 0.3 is 0 Å². The van der Waals surface area contributed by atoms with E-state index in [-0.39, 0.29) is 6.04 Å². The molecule has 2 N–H and O–H groups in total. The highest BCUT2D eigenvalue weighted by atomic mass is 32.2. The Bertz CT molecular complexity index is 941. The van der Waals surface area contributed by atoms with Crippen molar-refractivity contribution in [3.05, 3.63) is 59.7 Å². The van der Waals surface area contributed by atoms with Gasteiger partial charge in [0.1, 0.15) is 5.75 Å². The molecule has 0 aliphatic carbocycles. The zero-order valence-corrected chi connectivity index (χ0v) is 19.2. The number of guanidine groups is 1. The van der Waals surface area contributed by atoms with Crippen LogP contribution in [0.15, 0.2) is 58.4 Å². The number of rotatable bonds is 9. The molecule has 0 aliphatic heterocycles. The van der Waals surface area contributed by atoms with Crippen LogP contribution in [-0.4, -0.2) is 52.5 Å². The van der Waals surface area contributed by atoms with Crippen LogP contribution in [0.3, 0.4) is 0 Å². The van der Waals surface area contributed by atoms with E-state index < -0.39 is 10.0 Å². The van der Waals surface area contributed by atoms with Crippen molar-refractivity contribution in [2.24, 2.45) is 4.99 Å². The van der Waals surface area contributed by atoms with Crippen LogP contribution in [0.4, 0.5) is 0 Å². The lowest BCUT2D eigenvalue weighted by Crippen LogP contribution is -2.37. The Hall–Kier alpha value is -2.58. The standard InChI is InChI=1S/C22H32N4O3S/c1-17(2)26(4)30(27,28)20-12-10-18(11-13-20)16-25-22(23-3)24-15-14-19-8-6-7-9-21(19)29-5/h6-13,17H,14-16H2,1-5H3,(H2,23,24,25). The van der Waals surface area contributed by atoms with E-state index in [9.17, 15) is 8.42 Å². The fourth-order valence-electron chi connectivity index (χ4n) is 2.85. The predicted octanol–water partition coefficient (Wildman–Crippen LogP) is 2.63. The number of nitrogens with zero attached hydrogens (tertiary/aromatic N) is 2. The summed E-state index contributed by atoms with van der Waals surface area (Å²) in [7, 11) is 1.51. The van der Waals surface area contributed by atoms with Gasteiger partial charge < -0.3 is 15.4 Å². The van der Waals surface area contributed by atoms with Crippen LogP contribution in [0.5, 0.6) is 5.75 Å². The first-order chi connectivity index (χ1) is 14.3. The van der Waals surface area contributed by atoms with Gasteiger partial charge in [-0.2, -0.15) is 4.31 Å². The maximum atomic E-state index is 12.6. The summed E-state index contributed by atoms with van der Waals surface area (Å²) in [6.45, 7) is 4.94. The molecule has 8 heteroatoms. The average molecular weight is 433 g/mol. The van der Waals surface area contributed by atoms with Gasteiger partial charge in [0, 0.05) is 33.2 Å². The first kappa shape index (κ1) is 23.7. The Morgan fingerprint density at radius 1 is 1.10 bits per heavy atom. The molecule has 0 heterocycles. The van der Waals surface area contributed by atoms with Crippen LogP contribution in [-0.2, 0) is 23.0 Å². The fraction of sp³-hybridized carbons (Fsp3) is 0.409. The van der Waals surface area contributed by atoms with Gasteiger partial charge in [0.15, 0.2) is 5.96 Å². The molecule has 0 amide bonds. The van der Waals surface area contributed by atoms with Crippen LogP contribution in [0.2, 0.25) is 0 Å². The monoisotopic (exact) mass is 432 g/mol. The van der Waals surface area contributed by atoms with Gasteiger partial charge in [-0.25, -0.2) is 8.42 Å². The molecule has 0 fully saturated rings. The lowest BCUT2D eigenvalue weighted by molar-refractivity contribution is 0.409. The van der Waals surface area contributed by atoms with Crippen LogP contribution in [0.1, 0.15) is 25.0 Å². The number of aliphatic imine (C=N–C) groups is 1. The highest BCUT2D eigenvalue weighted by Crippen LogP contribution is 2.18. The summed E-state index contributed by atoms with van der Waals surface area (Å²) in [4.78, 5) is 4.53. The molecule has 0 spiro atoms. The SMILES string of the molecule is CN=C(NCCc1ccccc1OC)NCc1ccc(S(=O)(=O)N(C)C(C)C)cc1. The summed E-state index contributed by atoms with van der Waals surface area (Å²) in [6.07, 6.45) is 0.806. The molecule has 0 atom stereocenters. The van der Waals surface area contributed by atoms with E-state index in [1.165, 1.54) is 4.31 Å². The molecule has 7 nitrogen and oxygen atoms in total. The number of sulfonamides is 1. The number of nitrogens with one attached hydrogen (secondary N) is 2. The number of hydrogen-bond acceptors (Lipinski definition) is 4. The van der Waals surface area contributed by atoms with Crippen LogP contribution >= 0.6 is 0 Å². The molecule has 0 bridgehead atoms. The second kappa shape index (κ2) is 11.0. The highest BCUT2D eigenvalue weighted by molar-refractivity contribution is 7.89. The summed E-state index contributed by atoms with van der Waals surface area (Å²) in [5, 5.41) is 6.53. The van der Waals surface area contributed by atoms with E-state index in [1.807, 2.05) is 50.2 Å². The lowest BCUT2D eigenvalue weighted by Gasteiger charge is -2.21. The lowest BCUT2D eigenvalue weighted by atomic mass is 10.1. The summed E-state index contributed by atoms with van der Waals surface area (Å²) < 4.78 is 31.8. The molecule has 0 saturated carbocycles. The van der Waals surface area contributed by atoms with Gasteiger partial charge in [-0.05, 0) is 49.6 Å². The van der Waals surface area contributed by atoms with Gasteiger partial charge in [-0.1, -0.05) is 30.3 Å². The molecule has 164 valence electrons. The zero-order chi connectivity index (χ0) is 22.1. The van der Waals surface area contributed by atoms with Gasteiger partial charge in [-0.3, -0.25) is 4.99 Å². The number of ether oxygens (including phenoxy) is 1. The second-order valence-corrected chi connectivity index (χ2v) is 9.17. The molecule has 30 heavy (non-hydrogen) atoms. The summed E-state index contributed by atoms with van der Waals surface area (Å²) in [5.74, 6) is 1.56. The van der Waals surface area contributed by atoms with E-state index in [1.54, 1.807) is 33.3 Å². The third-order valence-corrected chi connectivity index (χ3v) is 6.94. The average Bonchev–Trinajstić information content (AvgIpc) is 2.76. The van der Waals surface area contributed by atoms with Gasteiger partial charge in [-0.15, -0.1) is 0 Å². The maximum absolute atomic E-state index is 12.6. The minimum atomic E-state index is -3.47. The van der Waals surface area contributed by atoms with Crippen LogP contribution in [0.25, 0.3) is 0 Å². The normalized spacial score (nSPS) is 12.3. The van der Waals surface area contributed by atoms with Gasteiger partial charge in [0.25, 0.3) is 0 Å². The number of hydrogen-bond donors (Lipinski definition) is 2. The minimum absolute atomic E-state index is 0.0957. The van der Waals surface area contributed by atoms with Crippen LogP contribution < -0.4 is 15.4 Å². The maximum Gasteiger partial charge on any atom is 0.243 e. The molecule has 0 radical (unpaired) electrons. The summed E-state index contributed by atoms with van der Waals surface area (Å²) >= 11 is 0. The van der Waals surface area contributed by atoms with Crippen molar-refractivity contribution in [3.8, 4) is 5.75 Å². The smallest absolute Gasteiger partial charge is 0.243 e. The van der Waals surface area contributed by atoms with Gasteiger partial charge in [0.05, 0.1) is 12.0 Å². The first-order valence-electron chi connectivity index (χ1n) is 9.93. The topological polar surface area (TPSA) is 83.0 Å². The van der Waals surface area contributed by atoms with Crippen molar-refractivity contribution in [2.75, 3.05) is 27.7 Å². The Morgan fingerprint density at radius 2 is 1.77 bits per heavy atom. The van der Waals surface area contributed by atoms with Crippen molar-refractivity contribution in [3.63, 3.8) is 0 Å². The molecular weight excluding hydrogens is 400 g/mol. The third kappa shape index (κ3) is 6.21. The molecule has 0 unspecified atom stereocenters. The van der Waals surface area contributed by atoms with Crippen LogP contribution in [0, 0.1) is 0 Å². The Labute approximate surface area is 180 Å². The van der Waals surface area contributed by atoms with E-state index in [2.05, 4.69) is 15.6 Å². The number of benzene rings is 2. The van der Waals surface area contributed by atoms with E-state index in [0.29, 0.717) is 23.9 Å². The number of methoxy groups -OCH3 is 1. The highest BCUT2D eigenvalue weighted by Gasteiger charge is 2.22. The van der Waals surface area contributed by atoms with E-state index >= 15 is 0 Å². The largest absolute Gasteiger partial charge is 0.496 e. The zero-order valence-electron chi connectivity index (χ0n) is 18.3. The Kier molecular flexibility index (Phi) is 8.68. The molecule has 0 aromatic heterocycles. The summed E-state index contributed by atoms with van der Waals surface area (Å²) in [5.41, 5.74) is 2.10. The fourth-order valence-corrected chi connectivity index (χ4v) is 4.22. The van der Waals surface area contributed by atoms with Crippen molar-refractivity contribution in [1.29, 1.82) is 0 Å². The molecular formula is C22H32N4O3S. The quantitative estimate of drug-likeness (QED) is 0.470. The number of para-hydroxylation sites is 1. The van der Waals surface area contributed by atoms with Crippen molar-refractivity contribution in [1.82, 2.24) is 14.9 Å². The molecule has 2 aromatic carbocycles. The Morgan fingerprint density at radius 3 is 2.37 bits per heavy atom. The predicted molar refractivity (Wildman–Crippen MR) is 121 cm³/mol. The summed E-state index contributed by atoms with van der Waals surface area (Å²) in [6, 6.07) is 14.8. The van der Waals surface area contributed by atoms with E-state index in [0.717, 1.165) is 23.3 Å². The first-order valence-corrected chi connectivity index (χ1v) is 11.4. The van der Waals surface area contributed by atoms with Gasteiger partial charge in [0.2, 0.25) is 10.0 Å². The second-order valence-electron chi connectivity index (χ2n) is 7.17. The molecule has 2 rings (SSSR count). The molecule has 2 aromatic rings. The van der Waals surface area contributed by atoms with Crippen molar-refractivity contribution >= 4 is 16.0 Å². The minimum Gasteiger partial charge on any atom is -0.496 e.